The highest BCUT2D eigenvalue weighted by molar-refractivity contribution is 6.39. The number of halogens is 2. The molecule has 0 radical (unpaired) electrons. The van der Waals surface area contributed by atoms with E-state index in [4.69, 9.17) is 33.0 Å². The number of nitrogens with one attached hydrogen (secondary N) is 1. The zero-order chi connectivity index (χ0) is 21.1. The van der Waals surface area contributed by atoms with E-state index in [-0.39, 0.29) is 22.0 Å². The molecule has 0 atom stereocenters. The molecule has 2 aromatic rings. The molecule has 2 N–H and O–H groups in total. The SMILES string of the molecule is O=C(O)COc1ccc(/C=C2\C(=O)NC(=O)N(c3ccc(Cl)cc3)C2=O)cc1Cl. The van der Waals surface area contributed by atoms with Crippen LogP contribution in [0.3, 0.4) is 0 Å². The Morgan fingerprint density at radius 3 is 2.41 bits per heavy atom. The lowest BCUT2D eigenvalue weighted by Gasteiger charge is -2.26. The van der Waals surface area contributed by atoms with Crippen molar-refractivity contribution in [3.63, 3.8) is 0 Å². The molecule has 0 saturated carbocycles. The largest absolute Gasteiger partial charge is 0.480 e. The fourth-order valence-corrected chi connectivity index (χ4v) is 2.88. The highest BCUT2D eigenvalue weighted by atomic mass is 35.5. The van der Waals surface area contributed by atoms with E-state index in [1.807, 2.05) is 0 Å². The van der Waals surface area contributed by atoms with Gasteiger partial charge in [0.15, 0.2) is 6.61 Å². The lowest BCUT2D eigenvalue weighted by atomic mass is 10.1. The monoisotopic (exact) mass is 434 g/mol. The van der Waals surface area contributed by atoms with Crippen molar-refractivity contribution in [1.82, 2.24) is 5.32 Å². The maximum absolute atomic E-state index is 12.8. The third-order valence-electron chi connectivity index (χ3n) is 3.80. The zero-order valence-corrected chi connectivity index (χ0v) is 16.0. The van der Waals surface area contributed by atoms with Crippen LogP contribution in [-0.2, 0) is 14.4 Å². The summed E-state index contributed by atoms with van der Waals surface area (Å²) in [5.74, 6) is -2.70. The summed E-state index contributed by atoms with van der Waals surface area (Å²) in [6.45, 7) is -0.570. The van der Waals surface area contributed by atoms with E-state index < -0.39 is 30.4 Å². The summed E-state index contributed by atoms with van der Waals surface area (Å²) in [4.78, 5) is 48.5. The number of anilines is 1. The molecule has 1 saturated heterocycles. The number of urea groups is 1. The van der Waals surface area contributed by atoms with E-state index in [0.717, 1.165) is 4.90 Å². The second kappa shape index (κ2) is 8.34. The van der Waals surface area contributed by atoms with Crippen LogP contribution in [0.2, 0.25) is 10.0 Å². The van der Waals surface area contributed by atoms with Gasteiger partial charge in [-0.25, -0.2) is 14.5 Å². The van der Waals surface area contributed by atoms with Crippen LogP contribution >= 0.6 is 23.2 Å². The van der Waals surface area contributed by atoms with Crippen LogP contribution in [-0.4, -0.2) is 35.5 Å². The maximum atomic E-state index is 12.8. The molecule has 3 rings (SSSR count). The fraction of sp³-hybridized carbons (Fsp3) is 0.0526. The van der Waals surface area contributed by atoms with Gasteiger partial charge in [-0.1, -0.05) is 29.3 Å². The molecule has 1 aliphatic heterocycles. The van der Waals surface area contributed by atoms with Gasteiger partial charge in [0.25, 0.3) is 11.8 Å². The number of ether oxygens (including phenoxy) is 1. The minimum atomic E-state index is -1.16. The molecule has 0 aliphatic carbocycles. The van der Waals surface area contributed by atoms with Gasteiger partial charge in [-0.05, 0) is 48.0 Å². The number of benzene rings is 2. The van der Waals surface area contributed by atoms with Gasteiger partial charge >= 0.3 is 12.0 Å². The van der Waals surface area contributed by atoms with Gasteiger partial charge in [0.2, 0.25) is 0 Å². The van der Waals surface area contributed by atoms with E-state index in [0.29, 0.717) is 10.6 Å². The van der Waals surface area contributed by atoms with E-state index in [1.165, 1.54) is 48.5 Å². The second-order valence-corrected chi connectivity index (χ2v) is 6.65. The van der Waals surface area contributed by atoms with Crippen molar-refractivity contribution in [2.75, 3.05) is 11.5 Å². The first-order chi connectivity index (χ1) is 13.8. The number of nitrogens with zero attached hydrogens (tertiary/aromatic N) is 1. The summed E-state index contributed by atoms with van der Waals surface area (Å²) in [5.41, 5.74) is 0.335. The zero-order valence-electron chi connectivity index (χ0n) is 14.5. The third kappa shape index (κ3) is 4.56. The molecule has 2 aromatic carbocycles. The molecule has 1 aliphatic rings. The fourth-order valence-electron chi connectivity index (χ4n) is 2.51. The van der Waals surface area contributed by atoms with Gasteiger partial charge in [-0.2, -0.15) is 0 Å². The van der Waals surface area contributed by atoms with E-state index in [2.05, 4.69) is 5.32 Å². The Kier molecular flexibility index (Phi) is 5.86. The number of hydrogen-bond donors (Lipinski definition) is 2. The quantitative estimate of drug-likeness (QED) is 0.551. The molecular formula is C19H12Cl2N2O6. The van der Waals surface area contributed by atoms with Gasteiger partial charge < -0.3 is 9.84 Å². The number of amides is 4. The lowest BCUT2D eigenvalue weighted by Crippen LogP contribution is -2.54. The van der Waals surface area contributed by atoms with Crippen molar-refractivity contribution >= 4 is 58.8 Å². The van der Waals surface area contributed by atoms with Gasteiger partial charge in [-0.15, -0.1) is 0 Å². The summed E-state index contributed by atoms with van der Waals surface area (Å²) in [5, 5.41) is 11.3. The van der Waals surface area contributed by atoms with Crippen molar-refractivity contribution < 1.29 is 29.0 Å². The average molecular weight is 435 g/mol. The maximum Gasteiger partial charge on any atom is 0.341 e. The molecule has 29 heavy (non-hydrogen) atoms. The highest BCUT2D eigenvalue weighted by Crippen LogP contribution is 2.28. The summed E-state index contributed by atoms with van der Waals surface area (Å²) < 4.78 is 5.02. The topological polar surface area (TPSA) is 113 Å². The van der Waals surface area contributed by atoms with E-state index >= 15 is 0 Å². The molecule has 0 spiro atoms. The van der Waals surface area contributed by atoms with Crippen LogP contribution in [0.25, 0.3) is 6.08 Å². The molecule has 0 unspecified atom stereocenters. The van der Waals surface area contributed by atoms with Crippen LogP contribution in [0.4, 0.5) is 10.5 Å². The Bertz CT molecular complexity index is 1050. The number of carbonyl (C=O) groups is 4. The number of rotatable bonds is 5. The predicted molar refractivity (Wildman–Crippen MR) is 105 cm³/mol. The van der Waals surface area contributed by atoms with Gasteiger partial charge in [0.1, 0.15) is 11.3 Å². The van der Waals surface area contributed by atoms with Crippen molar-refractivity contribution in [2.45, 2.75) is 0 Å². The summed E-state index contributed by atoms with van der Waals surface area (Å²) in [6, 6.07) is 9.37. The highest BCUT2D eigenvalue weighted by Gasteiger charge is 2.36. The lowest BCUT2D eigenvalue weighted by molar-refractivity contribution is -0.139. The second-order valence-electron chi connectivity index (χ2n) is 5.81. The van der Waals surface area contributed by atoms with Crippen molar-refractivity contribution in [3.05, 3.63) is 63.6 Å². The number of carbonyl (C=O) groups excluding carboxylic acids is 3. The van der Waals surface area contributed by atoms with Gasteiger partial charge in [0, 0.05) is 5.02 Å². The summed E-state index contributed by atoms with van der Waals surface area (Å²) >= 11 is 11.9. The van der Waals surface area contributed by atoms with Crippen molar-refractivity contribution in [1.29, 1.82) is 0 Å². The van der Waals surface area contributed by atoms with Crippen LogP contribution in [0.5, 0.6) is 5.75 Å². The Balaban J connectivity index is 1.91. The Labute approximate surface area is 174 Å². The number of carboxylic acid groups (broad SMARTS) is 1. The molecule has 1 heterocycles. The first-order valence-electron chi connectivity index (χ1n) is 8.07. The number of imide groups is 2. The number of carboxylic acids is 1. The summed E-state index contributed by atoms with van der Waals surface area (Å²) in [6.07, 6.45) is 1.26. The number of aliphatic carboxylic acids is 1. The molecule has 148 valence electrons. The smallest absolute Gasteiger partial charge is 0.341 e. The molecule has 1 fully saturated rings. The van der Waals surface area contributed by atoms with Gasteiger partial charge in [-0.3, -0.25) is 14.9 Å². The third-order valence-corrected chi connectivity index (χ3v) is 4.35. The number of barbiturate groups is 1. The van der Waals surface area contributed by atoms with Crippen LogP contribution in [0.15, 0.2) is 48.0 Å². The van der Waals surface area contributed by atoms with E-state index in [1.54, 1.807) is 0 Å². The van der Waals surface area contributed by atoms with Crippen LogP contribution in [0.1, 0.15) is 5.56 Å². The Morgan fingerprint density at radius 2 is 1.79 bits per heavy atom. The predicted octanol–water partition coefficient (Wildman–Crippen LogP) is 3.12. The molecule has 10 heteroatoms. The molecule has 4 amide bonds. The standard InChI is InChI=1S/C19H12Cl2N2O6/c20-11-2-4-12(5-3-11)23-18(27)13(17(26)22-19(23)28)7-10-1-6-15(14(21)8-10)29-9-16(24)25/h1-8H,9H2,(H,24,25)(H,22,26,28)/b13-7+. The molecule has 8 nitrogen and oxygen atoms in total. The summed E-state index contributed by atoms with van der Waals surface area (Å²) in [7, 11) is 0. The first-order valence-corrected chi connectivity index (χ1v) is 8.83. The average Bonchev–Trinajstić information content (AvgIpc) is 2.65. The Hall–Kier alpha value is -3.36. The van der Waals surface area contributed by atoms with Crippen LogP contribution < -0.4 is 15.0 Å². The number of hydrogen-bond acceptors (Lipinski definition) is 5. The molecule has 0 aromatic heterocycles. The van der Waals surface area contributed by atoms with E-state index in [9.17, 15) is 19.2 Å². The van der Waals surface area contributed by atoms with Crippen molar-refractivity contribution in [2.24, 2.45) is 0 Å². The first kappa shape index (κ1) is 20.4. The molecular weight excluding hydrogens is 423 g/mol. The van der Waals surface area contributed by atoms with Crippen molar-refractivity contribution in [3.8, 4) is 5.75 Å². The van der Waals surface area contributed by atoms with Crippen LogP contribution in [0, 0.1) is 0 Å². The van der Waals surface area contributed by atoms with Gasteiger partial charge in [0.05, 0.1) is 10.7 Å². The molecule has 0 bridgehead atoms. The normalized spacial score (nSPS) is 15.4. The minimum absolute atomic E-state index is 0.0925. The minimum Gasteiger partial charge on any atom is -0.480 e. The Morgan fingerprint density at radius 1 is 1.10 bits per heavy atom.